The second-order valence-corrected chi connectivity index (χ2v) is 6.32. The molecule has 1 aliphatic rings. The molecule has 1 aliphatic carbocycles. The van der Waals surface area contributed by atoms with E-state index in [9.17, 15) is 4.79 Å². The summed E-state index contributed by atoms with van der Waals surface area (Å²) in [6.07, 6.45) is 6.01. The average molecular weight is 328 g/mol. The summed E-state index contributed by atoms with van der Waals surface area (Å²) >= 11 is 0. The molecule has 1 aromatic heterocycles. The number of nitrogens with one attached hydrogen (secondary N) is 1. The molecule has 0 saturated heterocycles. The third-order valence-electron chi connectivity index (χ3n) is 4.59. The Hall–Kier alpha value is -2.28. The maximum absolute atomic E-state index is 12.3. The molecule has 0 aliphatic heterocycles. The zero-order valence-corrected chi connectivity index (χ0v) is 13.8. The number of rotatable bonds is 6. The van der Waals surface area contributed by atoms with Crippen LogP contribution in [0, 0.1) is 5.92 Å². The lowest BCUT2D eigenvalue weighted by atomic mass is 9.84. The van der Waals surface area contributed by atoms with Crippen LogP contribution in [0.4, 0.5) is 0 Å². The van der Waals surface area contributed by atoms with Gasteiger partial charge in [-0.15, -0.1) is 10.2 Å². The van der Waals surface area contributed by atoms with Crippen molar-refractivity contribution >= 4 is 5.91 Å². The highest BCUT2D eigenvalue weighted by Gasteiger charge is 2.24. The van der Waals surface area contributed by atoms with Gasteiger partial charge in [-0.2, -0.15) is 4.80 Å². The summed E-state index contributed by atoms with van der Waals surface area (Å²) in [5.74, 6) is 0.885. The molecular weight excluding hydrogens is 304 g/mol. The highest BCUT2D eigenvalue weighted by Crippen LogP contribution is 2.26. The van der Waals surface area contributed by atoms with Gasteiger partial charge in [-0.25, -0.2) is 0 Å². The van der Waals surface area contributed by atoms with E-state index in [0.29, 0.717) is 18.3 Å². The molecule has 1 heterocycles. The molecule has 128 valence electrons. The maximum Gasteiger partial charge on any atom is 0.243 e. The Labute approximate surface area is 141 Å². The van der Waals surface area contributed by atoms with Gasteiger partial charge in [0.25, 0.3) is 0 Å². The summed E-state index contributed by atoms with van der Waals surface area (Å²) in [7, 11) is 0. The Morgan fingerprint density at radius 1 is 1.25 bits per heavy atom. The number of amides is 1. The summed E-state index contributed by atoms with van der Waals surface area (Å²) in [6.45, 7) is 0.527. The SMILES string of the molecule is NCC(NC(=O)Cn1nnc(-c2ccccc2)n1)C1CCCCC1. The third-order valence-corrected chi connectivity index (χ3v) is 4.59. The number of carbonyl (C=O) groups is 1. The summed E-state index contributed by atoms with van der Waals surface area (Å²) in [6, 6.07) is 9.62. The van der Waals surface area contributed by atoms with E-state index in [1.54, 1.807) is 0 Å². The van der Waals surface area contributed by atoms with Gasteiger partial charge in [-0.3, -0.25) is 4.79 Å². The van der Waals surface area contributed by atoms with Crippen LogP contribution in [0.5, 0.6) is 0 Å². The molecule has 1 unspecified atom stereocenters. The van der Waals surface area contributed by atoms with Gasteiger partial charge in [-0.05, 0) is 24.0 Å². The third kappa shape index (κ3) is 4.17. The van der Waals surface area contributed by atoms with Gasteiger partial charge in [-0.1, -0.05) is 49.6 Å². The average Bonchev–Trinajstić information content (AvgIpc) is 3.09. The molecule has 0 radical (unpaired) electrons. The van der Waals surface area contributed by atoms with Crippen LogP contribution in [0.2, 0.25) is 0 Å². The lowest BCUT2D eigenvalue weighted by Crippen LogP contribution is -2.47. The lowest BCUT2D eigenvalue weighted by Gasteiger charge is -2.29. The molecule has 1 fully saturated rings. The summed E-state index contributed by atoms with van der Waals surface area (Å²) in [4.78, 5) is 13.6. The highest BCUT2D eigenvalue weighted by atomic mass is 16.2. The van der Waals surface area contributed by atoms with Gasteiger partial charge in [0.1, 0.15) is 6.54 Å². The van der Waals surface area contributed by atoms with Crippen molar-refractivity contribution in [1.82, 2.24) is 25.5 Å². The number of nitrogens with two attached hydrogens (primary N) is 1. The van der Waals surface area contributed by atoms with Crippen molar-refractivity contribution in [3.05, 3.63) is 30.3 Å². The predicted molar refractivity (Wildman–Crippen MR) is 90.8 cm³/mol. The van der Waals surface area contributed by atoms with E-state index < -0.39 is 0 Å². The van der Waals surface area contributed by atoms with Crippen LogP contribution in [0.1, 0.15) is 32.1 Å². The Morgan fingerprint density at radius 2 is 2.00 bits per heavy atom. The minimum atomic E-state index is -0.118. The van der Waals surface area contributed by atoms with Crippen molar-refractivity contribution in [2.24, 2.45) is 11.7 Å². The zero-order valence-electron chi connectivity index (χ0n) is 13.8. The molecule has 1 saturated carbocycles. The summed E-state index contributed by atoms with van der Waals surface area (Å²) < 4.78 is 0. The van der Waals surface area contributed by atoms with Crippen LogP contribution in [0.25, 0.3) is 11.4 Å². The van der Waals surface area contributed by atoms with Gasteiger partial charge < -0.3 is 11.1 Å². The Kier molecular flexibility index (Phi) is 5.53. The van der Waals surface area contributed by atoms with E-state index in [-0.39, 0.29) is 18.5 Å². The fourth-order valence-electron chi connectivity index (χ4n) is 3.30. The minimum Gasteiger partial charge on any atom is -0.350 e. The number of nitrogens with zero attached hydrogens (tertiary/aromatic N) is 4. The van der Waals surface area contributed by atoms with Crippen LogP contribution in [-0.4, -0.2) is 38.7 Å². The van der Waals surface area contributed by atoms with Crippen molar-refractivity contribution in [2.45, 2.75) is 44.7 Å². The summed E-state index contributed by atoms with van der Waals surface area (Å²) in [5.41, 5.74) is 6.74. The number of hydrogen-bond acceptors (Lipinski definition) is 5. The zero-order chi connectivity index (χ0) is 16.8. The first-order valence-corrected chi connectivity index (χ1v) is 8.59. The topological polar surface area (TPSA) is 98.7 Å². The van der Waals surface area contributed by atoms with Crippen LogP contribution in [-0.2, 0) is 11.3 Å². The van der Waals surface area contributed by atoms with Gasteiger partial charge >= 0.3 is 0 Å². The van der Waals surface area contributed by atoms with Crippen molar-refractivity contribution < 1.29 is 4.79 Å². The van der Waals surface area contributed by atoms with Crippen LogP contribution in [0.3, 0.4) is 0 Å². The van der Waals surface area contributed by atoms with E-state index in [0.717, 1.165) is 18.4 Å². The minimum absolute atomic E-state index is 0.0370. The first kappa shape index (κ1) is 16.6. The fourth-order valence-corrected chi connectivity index (χ4v) is 3.30. The largest absolute Gasteiger partial charge is 0.350 e. The van der Waals surface area contributed by atoms with Crippen LogP contribution < -0.4 is 11.1 Å². The molecule has 0 bridgehead atoms. The van der Waals surface area contributed by atoms with Crippen molar-refractivity contribution in [3.8, 4) is 11.4 Å². The fraction of sp³-hybridized carbons (Fsp3) is 0.529. The van der Waals surface area contributed by atoms with E-state index in [1.165, 1.54) is 24.1 Å². The number of carbonyl (C=O) groups excluding carboxylic acids is 1. The van der Waals surface area contributed by atoms with Crippen LogP contribution in [0.15, 0.2) is 30.3 Å². The molecule has 7 nitrogen and oxygen atoms in total. The summed E-state index contributed by atoms with van der Waals surface area (Å²) in [5, 5.41) is 15.3. The van der Waals surface area contributed by atoms with E-state index in [4.69, 9.17) is 5.73 Å². The Morgan fingerprint density at radius 3 is 2.71 bits per heavy atom. The molecule has 1 atom stereocenters. The number of benzene rings is 1. The predicted octanol–water partition coefficient (Wildman–Crippen LogP) is 1.36. The Bertz CT molecular complexity index is 650. The van der Waals surface area contributed by atoms with Crippen molar-refractivity contribution in [1.29, 1.82) is 0 Å². The molecular formula is C17H24N6O. The number of aromatic nitrogens is 4. The molecule has 24 heavy (non-hydrogen) atoms. The van der Waals surface area contributed by atoms with Gasteiger partial charge in [0, 0.05) is 18.2 Å². The molecule has 3 N–H and O–H groups in total. The first-order valence-electron chi connectivity index (χ1n) is 8.59. The van der Waals surface area contributed by atoms with Crippen LogP contribution >= 0.6 is 0 Å². The molecule has 2 aromatic rings. The monoisotopic (exact) mass is 328 g/mol. The molecule has 3 rings (SSSR count). The normalized spacial score (nSPS) is 16.7. The van der Waals surface area contributed by atoms with E-state index in [2.05, 4.69) is 20.7 Å². The van der Waals surface area contributed by atoms with E-state index in [1.807, 2.05) is 30.3 Å². The first-order chi connectivity index (χ1) is 11.8. The quantitative estimate of drug-likeness (QED) is 0.834. The molecule has 0 spiro atoms. The number of tetrazole rings is 1. The Balaban J connectivity index is 1.57. The van der Waals surface area contributed by atoms with Crippen molar-refractivity contribution in [3.63, 3.8) is 0 Å². The second kappa shape index (κ2) is 8.01. The highest BCUT2D eigenvalue weighted by molar-refractivity contribution is 5.75. The van der Waals surface area contributed by atoms with E-state index >= 15 is 0 Å². The lowest BCUT2D eigenvalue weighted by molar-refractivity contribution is -0.123. The second-order valence-electron chi connectivity index (χ2n) is 6.32. The molecule has 7 heteroatoms. The smallest absolute Gasteiger partial charge is 0.243 e. The standard InChI is InChI=1S/C17H24N6O/c18-11-15(13-7-3-1-4-8-13)19-16(24)12-23-21-17(20-22-23)14-9-5-2-6-10-14/h2,5-6,9-10,13,15H,1,3-4,7-8,11-12,18H2,(H,19,24). The van der Waals surface area contributed by atoms with Crippen molar-refractivity contribution in [2.75, 3.05) is 6.54 Å². The van der Waals surface area contributed by atoms with Gasteiger partial charge in [0.15, 0.2) is 0 Å². The van der Waals surface area contributed by atoms with Gasteiger partial charge in [0.05, 0.1) is 0 Å². The van der Waals surface area contributed by atoms with Gasteiger partial charge in [0.2, 0.25) is 11.7 Å². The molecule has 1 aromatic carbocycles. The molecule has 1 amide bonds. The maximum atomic E-state index is 12.3. The number of hydrogen-bond donors (Lipinski definition) is 2.